The lowest BCUT2D eigenvalue weighted by molar-refractivity contribution is 0.216. The molecule has 1 spiro atoms. The molecule has 116 valence electrons. The van der Waals surface area contributed by atoms with Gasteiger partial charge in [-0.1, -0.05) is 6.07 Å². The van der Waals surface area contributed by atoms with Crippen molar-refractivity contribution < 1.29 is 4.42 Å². The van der Waals surface area contributed by atoms with Gasteiger partial charge in [-0.3, -0.25) is 4.90 Å². The van der Waals surface area contributed by atoms with E-state index in [1.165, 1.54) is 37.9 Å². The summed E-state index contributed by atoms with van der Waals surface area (Å²) < 4.78 is 5.19. The summed E-state index contributed by atoms with van der Waals surface area (Å²) in [5.41, 5.74) is 1.73. The van der Waals surface area contributed by atoms with E-state index in [9.17, 15) is 0 Å². The lowest BCUT2D eigenvalue weighted by Gasteiger charge is -2.41. The van der Waals surface area contributed by atoms with Gasteiger partial charge in [0.1, 0.15) is 5.82 Å². The van der Waals surface area contributed by atoms with Gasteiger partial charge in [0.15, 0.2) is 0 Å². The largest absolute Gasteiger partial charge is 0.472 e. The second-order valence-electron chi connectivity index (χ2n) is 6.81. The Kier molecular flexibility index (Phi) is 3.62. The van der Waals surface area contributed by atoms with Crippen LogP contribution in [0.15, 0.2) is 47.4 Å². The molecule has 2 aromatic rings. The lowest BCUT2D eigenvalue weighted by atomic mass is 9.79. The Bertz CT molecular complexity index is 598. The maximum absolute atomic E-state index is 5.19. The molecule has 2 aliphatic rings. The minimum absolute atomic E-state index is 0.444. The summed E-state index contributed by atoms with van der Waals surface area (Å²) in [6.45, 7) is 5.69. The van der Waals surface area contributed by atoms with Crippen LogP contribution < -0.4 is 4.90 Å². The standard InChI is InChI=1S/C18H23N3O/c1-2-8-19-17(4-1)21-9-3-6-18(15-21)7-10-20(14-18)12-16-5-11-22-13-16/h1-2,4-5,8,11,13H,3,6-7,9-10,12,14-15H2/t18-/m1/s1. The van der Waals surface area contributed by atoms with Crippen molar-refractivity contribution in [3.63, 3.8) is 0 Å². The first-order valence-corrected chi connectivity index (χ1v) is 8.23. The van der Waals surface area contributed by atoms with Gasteiger partial charge in [0, 0.05) is 43.4 Å². The molecule has 0 saturated carbocycles. The van der Waals surface area contributed by atoms with Gasteiger partial charge >= 0.3 is 0 Å². The molecule has 4 nitrogen and oxygen atoms in total. The van der Waals surface area contributed by atoms with Crippen molar-refractivity contribution >= 4 is 5.82 Å². The Hall–Kier alpha value is -1.81. The summed E-state index contributed by atoms with van der Waals surface area (Å²) in [6.07, 6.45) is 9.45. The molecule has 0 bridgehead atoms. The minimum Gasteiger partial charge on any atom is -0.472 e. The molecule has 1 atom stereocenters. The first-order chi connectivity index (χ1) is 10.8. The Morgan fingerprint density at radius 1 is 1.14 bits per heavy atom. The molecule has 0 N–H and O–H groups in total. The van der Waals surface area contributed by atoms with Gasteiger partial charge in [0.2, 0.25) is 0 Å². The Labute approximate surface area is 131 Å². The van der Waals surface area contributed by atoms with E-state index in [4.69, 9.17) is 4.42 Å². The van der Waals surface area contributed by atoms with Gasteiger partial charge in [-0.05, 0) is 44.0 Å². The third kappa shape index (κ3) is 2.75. The van der Waals surface area contributed by atoms with Crippen molar-refractivity contribution in [2.45, 2.75) is 25.8 Å². The summed E-state index contributed by atoms with van der Waals surface area (Å²) in [6, 6.07) is 8.29. The molecule has 0 unspecified atom stereocenters. The number of hydrogen-bond donors (Lipinski definition) is 0. The zero-order valence-electron chi connectivity index (χ0n) is 12.9. The van der Waals surface area contributed by atoms with E-state index in [1.54, 1.807) is 6.26 Å². The quantitative estimate of drug-likeness (QED) is 0.871. The maximum atomic E-state index is 5.19. The number of anilines is 1. The van der Waals surface area contributed by atoms with E-state index in [0.717, 1.165) is 25.5 Å². The Morgan fingerprint density at radius 2 is 2.14 bits per heavy atom. The zero-order valence-corrected chi connectivity index (χ0v) is 12.9. The fourth-order valence-electron chi connectivity index (χ4n) is 4.08. The molecule has 4 rings (SSSR count). The van der Waals surface area contributed by atoms with Crippen molar-refractivity contribution in [1.29, 1.82) is 0 Å². The summed E-state index contributed by atoms with van der Waals surface area (Å²) in [5, 5.41) is 0. The molecular weight excluding hydrogens is 274 g/mol. The highest BCUT2D eigenvalue weighted by Crippen LogP contribution is 2.40. The minimum atomic E-state index is 0.444. The van der Waals surface area contributed by atoms with E-state index in [1.807, 2.05) is 18.5 Å². The van der Waals surface area contributed by atoms with E-state index in [0.29, 0.717) is 5.41 Å². The molecule has 4 heterocycles. The van der Waals surface area contributed by atoms with E-state index in [-0.39, 0.29) is 0 Å². The van der Waals surface area contributed by atoms with Crippen LogP contribution in [-0.4, -0.2) is 36.1 Å². The normalized spacial score (nSPS) is 25.9. The first-order valence-electron chi connectivity index (χ1n) is 8.23. The van der Waals surface area contributed by atoms with Crippen LogP contribution in [0.1, 0.15) is 24.8 Å². The third-order valence-corrected chi connectivity index (χ3v) is 5.14. The number of aromatic nitrogens is 1. The molecule has 2 aliphatic heterocycles. The van der Waals surface area contributed by atoms with Crippen molar-refractivity contribution in [3.05, 3.63) is 48.6 Å². The smallest absolute Gasteiger partial charge is 0.128 e. The number of pyridine rings is 1. The molecule has 2 fully saturated rings. The summed E-state index contributed by atoms with van der Waals surface area (Å²) in [7, 11) is 0. The molecule has 0 amide bonds. The van der Waals surface area contributed by atoms with Crippen LogP contribution >= 0.6 is 0 Å². The maximum Gasteiger partial charge on any atom is 0.128 e. The van der Waals surface area contributed by atoms with Crippen LogP contribution in [0, 0.1) is 5.41 Å². The summed E-state index contributed by atoms with van der Waals surface area (Å²) in [4.78, 5) is 9.59. The predicted octanol–water partition coefficient (Wildman–Crippen LogP) is 3.17. The molecule has 0 radical (unpaired) electrons. The van der Waals surface area contributed by atoms with Crippen LogP contribution in [0.5, 0.6) is 0 Å². The van der Waals surface area contributed by atoms with Crippen molar-refractivity contribution in [1.82, 2.24) is 9.88 Å². The topological polar surface area (TPSA) is 32.5 Å². The Balaban J connectivity index is 1.43. The monoisotopic (exact) mass is 297 g/mol. The van der Waals surface area contributed by atoms with Crippen LogP contribution in [0.25, 0.3) is 0 Å². The molecule has 22 heavy (non-hydrogen) atoms. The number of rotatable bonds is 3. The zero-order chi connectivity index (χ0) is 14.8. The van der Waals surface area contributed by atoms with Crippen molar-refractivity contribution in [2.24, 2.45) is 5.41 Å². The predicted molar refractivity (Wildman–Crippen MR) is 86.7 cm³/mol. The van der Waals surface area contributed by atoms with E-state index in [2.05, 4.69) is 33.0 Å². The second-order valence-corrected chi connectivity index (χ2v) is 6.81. The van der Waals surface area contributed by atoms with Crippen LogP contribution in [0.2, 0.25) is 0 Å². The highest BCUT2D eigenvalue weighted by atomic mass is 16.3. The van der Waals surface area contributed by atoms with Crippen molar-refractivity contribution in [2.75, 3.05) is 31.1 Å². The second kappa shape index (κ2) is 5.76. The third-order valence-electron chi connectivity index (χ3n) is 5.14. The number of likely N-dealkylation sites (tertiary alicyclic amines) is 1. The van der Waals surface area contributed by atoms with Gasteiger partial charge in [0.25, 0.3) is 0 Å². The van der Waals surface area contributed by atoms with E-state index >= 15 is 0 Å². The van der Waals surface area contributed by atoms with Crippen LogP contribution in [0.4, 0.5) is 5.82 Å². The van der Waals surface area contributed by atoms with E-state index < -0.39 is 0 Å². The fourth-order valence-corrected chi connectivity index (χ4v) is 4.08. The van der Waals surface area contributed by atoms with Crippen molar-refractivity contribution in [3.8, 4) is 0 Å². The molecular formula is C18H23N3O. The lowest BCUT2D eigenvalue weighted by Crippen LogP contribution is -2.45. The number of nitrogens with zero attached hydrogens (tertiary/aromatic N) is 3. The number of piperidine rings is 1. The molecule has 2 saturated heterocycles. The van der Waals surface area contributed by atoms with Gasteiger partial charge in [-0.25, -0.2) is 4.98 Å². The first kappa shape index (κ1) is 13.8. The highest BCUT2D eigenvalue weighted by Gasteiger charge is 2.41. The SMILES string of the molecule is c1ccc(N2CCC[C@]3(CCN(Cc4ccoc4)C3)C2)nc1. The molecule has 4 heteroatoms. The highest BCUT2D eigenvalue weighted by molar-refractivity contribution is 5.39. The van der Waals surface area contributed by atoms with Gasteiger partial charge < -0.3 is 9.32 Å². The average molecular weight is 297 g/mol. The molecule has 0 aromatic carbocycles. The van der Waals surface area contributed by atoms with Crippen LogP contribution in [0.3, 0.4) is 0 Å². The van der Waals surface area contributed by atoms with Gasteiger partial charge in [0.05, 0.1) is 12.5 Å². The molecule has 0 aliphatic carbocycles. The fraction of sp³-hybridized carbons (Fsp3) is 0.500. The average Bonchev–Trinajstić information content (AvgIpc) is 3.20. The summed E-state index contributed by atoms with van der Waals surface area (Å²) >= 11 is 0. The van der Waals surface area contributed by atoms with Gasteiger partial charge in [-0.2, -0.15) is 0 Å². The number of hydrogen-bond acceptors (Lipinski definition) is 4. The molecule has 2 aromatic heterocycles. The Morgan fingerprint density at radius 3 is 2.95 bits per heavy atom. The van der Waals surface area contributed by atoms with Crippen LogP contribution in [-0.2, 0) is 6.54 Å². The number of furan rings is 1. The summed E-state index contributed by atoms with van der Waals surface area (Å²) in [5.74, 6) is 1.13. The van der Waals surface area contributed by atoms with Gasteiger partial charge in [-0.15, -0.1) is 0 Å².